The fourth-order valence-corrected chi connectivity index (χ4v) is 3.98. The van der Waals surface area contributed by atoms with Gasteiger partial charge in [0.05, 0.1) is 5.75 Å². The first-order valence-corrected chi connectivity index (χ1v) is 9.86. The Morgan fingerprint density at radius 1 is 1.19 bits per heavy atom. The average molecular weight is 373 g/mol. The van der Waals surface area contributed by atoms with Gasteiger partial charge in [0.2, 0.25) is 5.91 Å². The molecule has 1 saturated heterocycles. The maximum atomic E-state index is 13.7. The van der Waals surface area contributed by atoms with Gasteiger partial charge in [-0.15, -0.1) is 11.8 Å². The van der Waals surface area contributed by atoms with E-state index in [0.29, 0.717) is 25.5 Å². The van der Waals surface area contributed by atoms with Gasteiger partial charge in [0.15, 0.2) is 0 Å². The van der Waals surface area contributed by atoms with Crippen LogP contribution in [-0.4, -0.2) is 31.4 Å². The first-order valence-electron chi connectivity index (χ1n) is 8.87. The Labute approximate surface area is 158 Å². The normalized spacial score (nSPS) is 16.2. The molecule has 138 valence electrons. The van der Waals surface area contributed by atoms with Gasteiger partial charge in [0.1, 0.15) is 5.82 Å². The van der Waals surface area contributed by atoms with Crippen LogP contribution in [-0.2, 0) is 14.9 Å². The van der Waals surface area contributed by atoms with Gasteiger partial charge in [-0.25, -0.2) is 4.39 Å². The van der Waals surface area contributed by atoms with Crippen molar-refractivity contribution in [3.8, 4) is 0 Å². The van der Waals surface area contributed by atoms with Crippen LogP contribution < -0.4 is 5.32 Å². The number of rotatable bonds is 6. The van der Waals surface area contributed by atoms with Crippen LogP contribution in [0.15, 0.2) is 53.4 Å². The van der Waals surface area contributed by atoms with Gasteiger partial charge in [0.25, 0.3) is 0 Å². The molecule has 1 aliphatic heterocycles. The zero-order valence-electron chi connectivity index (χ0n) is 15.0. The van der Waals surface area contributed by atoms with Crippen LogP contribution in [0.4, 0.5) is 4.39 Å². The van der Waals surface area contributed by atoms with E-state index >= 15 is 0 Å². The standard InChI is InChI=1S/C21H24FNO2S/c1-16-5-7-19(8-6-16)26-14-20(24)23-15-21(9-11-25-12-10-21)17-3-2-4-18(22)13-17/h2-8,13H,9-12,14-15H2,1H3,(H,23,24). The molecule has 2 aromatic rings. The summed E-state index contributed by atoms with van der Waals surface area (Å²) in [5, 5.41) is 3.06. The Bertz CT molecular complexity index is 742. The highest BCUT2D eigenvalue weighted by atomic mass is 32.2. The molecule has 1 heterocycles. The maximum Gasteiger partial charge on any atom is 0.230 e. The van der Waals surface area contributed by atoms with Gasteiger partial charge in [-0.2, -0.15) is 0 Å². The van der Waals surface area contributed by atoms with Gasteiger partial charge >= 0.3 is 0 Å². The minimum atomic E-state index is -0.259. The van der Waals surface area contributed by atoms with E-state index in [1.54, 1.807) is 12.1 Å². The number of thioether (sulfide) groups is 1. The zero-order valence-corrected chi connectivity index (χ0v) is 15.8. The Morgan fingerprint density at radius 3 is 2.62 bits per heavy atom. The van der Waals surface area contributed by atoms with E-state index < -0.39 is 0 Å². The maximum absolute atomic E-state index is 13.7. The van der Waals surface area contributed by atoms with Crippen LogP contribution in [0.1, 0.15) is 24.0 Å². The lowest BCUT2D eigenvalue weighted by Crippen LogP contribution is -2.45. The topological polar surface area (TPSA) is 38.3 Å². The fraction of sp³-hybridized carbons (Fsp3) is 0.381. The quantitative estimate of drug-likeness (QED) is 0.775. The lowest BCUT2D eigenvalue weighted by atomic mass is 9.74. The lowest BCUT2D eigenvalue weighted by molar-refractivity contribution is -0.119. The van der Waals surface area contributed by atoms with Crippen LogP contribution in [0.3, 0.4) is 0 Å². The van der Waals surface area contributed by atoms with Crippen molar-refractivity contribution in [2.75, 3.05) is 25.5 Å². The number of aryl methyl sites for hydroxylation is 1. The van der Waals surface area contributed by atoms with Crippen molar-refractivity contribution in [3.63, 3.8) is 0 Å². The number of amides is 1. The minimum absolute atomic E-state index is 0.00200. The second-order valence-electron chi connectivity index (χ2n) is 6.78. The smallest absolute Gasteiger partial charge is 0.230 e. The van der Waals surface area contributed by atoms with E-state index in [2.05, 4.69) is 5.32 Å². The molecule has 0 aromatic heterocycles. The van der Waals surface area contributed by atoms with Crippen molar-refractivity contribution in [2.45, 2.75) is 30.1 Å². The molecule has 2 aromatic carbocycles. The number of halogens is 1. The van der Waals surface area contributed by atoms with Gasteiger partial charge in [0, 0.05) is 30.1 Å². The van der Waals surface area contributed by atoms with Crippen LogP contribution in [0.25, 0.3) is 0 Å². The molecular formula is C21H24FNO2S. The number of ether oxygens (including phenoxy) is 1. The van der Waals surface area contributed by atoms with E-state index in [9.17, 15) is 9.18 Å². The summed E-state index contributed by atoms with van der Waals surface area (Å²) in [5.74, 6) is 0.131. The molecule has 0 saturated carbocycles. The molecule has 3 rings (SSSR count). The molecule has 5 heteroatoms. The van der Waals surface area contributed by atoms with Gasteiger partial charge < -0.3 is 10.1 Å². The summed E-state index contributed by atoms with van der Waals surface area (Å²) in [4.78, 5) is 13.4. The highest BCUT2D eigenvalue weighted by Gasteiger charge is 2.35. The number of carbonyl (C=O) groups is 1. The molecule has 26 heavy (non-hydrogen) atoms. The summed E-state index contributed by atoms with van der Waals surface area (Å²) >= 11 is 1.52. The van der Waals surface area contributed by atoms with E-state index in [-0.39, 0.29) is 17.1 Å². The molecule has 0 spiro atoms. The molecule has 1 N–H and O–H groups in total. The Hall–Kier alpha value is -1.85. The third kappa shape index (κ3) is 4.86. The van der Waals surface area contributed by atoms with Crippen molar-refractivity contribution >= 4 is 17.7 Å². The van der Waals surface area contributed by atoms with Crippen LogP contribution in [0.5, 0.6) is 0 Å². The Balaban J connectivity index is 1.60. The monoisotopic (exact) mass is 373 g/mol. The molecule has 0 aliphatic carbocycles. The second-order valence-corrected chi connectivity index (χ2v) is 7.83. The predicted octanol–water partition coefficient (Wildman–Crippen LogP) is 4.09. The summed E-state index contributed by atoms with van der Waals surface area (Å²) in [7, 11) is 0. The fourth-order valence-electron chi connectivity index (χ4n) is 3.25. The molecule has 1 fully saturated rings. The molecule has 0 unspecified atom stereocenters. The van der Waals surface area contributed by atoms with Crippen molar-refractivity contribution in [1.82, 2.24) is 5.32 Å². The Morgan fingerprint density at radius 2 is 1.92 bits per heavy atom. The van der Waals surface area contributed by atoms with Crippen molar-refractivity contribution < 1.29 is 13.9 Å². The molecule has 3 nitrogen and oxygen atoms in total. The van der Waals surface area contributed by atoms with E-state index in [4.69, 9.17) is 4.74 Å². The zero-order chi connectivity index (χ0) is 18.4. The van der Waals surface area contributed by atoms with Crippen LogP contribution in [0.2, 0.25) is 0 Å². The van der Waals surface area contributed by atoms with Crippen molar-refractivity contribution in [3.05, 3.63) is 65.5 Å². The summed E-state index contributed by atoms with van der Waals surface area (Å²) in [6, 6.07) is 14.9. The highest BCUT2D eigenvalue weighted by molar-refractivity contribution is 8.00. The van der Waals surface area contributed by atoms with E-state index in [0.717, 1.165) is 23.3 Å². The summed E-state index contributed by atoms with van der Waals surface area (Å²) in [6.45, 7) is 3.81. The van der Waals surface area contributed by atoms with Gasteiger partial charge in [-0.05, 0) is 49.6 Å². The number of hydrogen-bond acceptors (Lipinski definition) is 3. The third-order valence-electron chi connectivity index (χ3n) is 4.90. The molecule has 0 atom stereocenters. The minimum Gasteiger partial charge on any atom is -0.381 e. The second kappa shape index (κ2) is 8.69. The average Bonchev–Trinajstić information content (AvgIpc) is 2.67. The number of nitrogens with one attached hydrogen (secondary N) is 1. The SMILES string of the molecule is Cc1ccc(SCC(=O)NCC2(c3cccc(F)c3)CCOCC2)cc1. The summed E-state index contributed by atoms with van der Waals surface area (Å²) in [5.41, 5.74) is 1.88. The van der Waals surface area contributed by atoms with Gasteiger partial charge in [-0.3, -0.25) is 4.79 Å². The molecule has 0 radical (unpaired) electrons. The number of carbonyl (C=O) groups excluding carboxylic acids is 1. The molecule has 1 aliphatic rings. The largest absolute Gasteiger partial charge is 0.381 e. The van der Waals surface area contributed by atoms with E-state index in [1.165, 1.54) is 23.4 Å². The van der Waals surface area contributed by atoms with Crippen LogP contribution >= 0.6 is 11.8 Å². The Kier molecular flexibility index (Phi) is 6.33. The third-order valence-corrected chi connectivity index (χ3v) is 5.91. The number of benzene rings is 2. The summed E-state index contributed by atoms with van der Waals surface area (Å²) in [6.07, 6.45) is 1.56. The lowest BCUT2D eigenvalue weighted by Gasteiger charge is -2.38. The highest BCUT2D eigenvalue weighted by Crippen LogP contribution is 2.34. The molecule has 1 amide bonds. The van der Waals surface area contributed by atoms with Crippen LogP contribution in [0, 0.1) is 12.7 Å². The van der Waals surface area contributed by atoms with E-state index in [1.807, 2.05) is 37.3 Å². The predicted molar refractivity (Wildman–Crippen MR) is 103 cm³/mol. The van der Waals surface area contributed by atoms with Crippen molar-refractivity contribution in [1.29, 1.82) is 0 Å². The first-order chi connectivity index (χ1) is 12.6. The summed E-state index contributed by atoms with van der Waals surface area (Å²) < 4.78 is 19.2. The van der Waals surface area contributed by atoms with Gasteiger partial charge in [-0.1, -0.05) is 29.8 Å². The van der Waals surface area contributed by atoms with Crippen molar-refractivity contribution in [2.24, 2.45) is 0 Å². The molecule has 0 bridgehead atoms. The molecular weight excluding hydrogens is 349 g/mol. The number of hydrogen-bond donors (Lipinski definition) is 1. The first kappa shape index (κ1) is 18.9.